The summed E-state index contributed by atoms with van der Waals surface area (Å²) in [4.78, 5) is 39.6. The number of esters is 1. The molecule has 0 heterocycles. The molecule has 2 N–H and O–H groups in total. The molecule has 4 aliphatic rings. The molecule has 4 aliphatic carbocycles. The fourth-order valence-corrected chi connectivity index (χ4v) is 7.72. The molecule has 0 aliphatic heterocycles. The van der Waals surface area contributed by atoms with Crippen LogP contribution in [-0.4, -0.2) is 70.6 Å². The number of fused-ring (bicyclic) bond motifs is 5. The molecule has 3 fully saturated rings. The van der Waals surface area contributed by atoms with E-state index in [-0.39, 0.29) is 48.9 Å². The van der Waals surface area contributed by atoms with Crippen molar-refractivity contribution in [3.05, 3.63) is 36.0 Å². The van der Waals surface area contributed by atoms with E-state index in [9.17, 15) is 24.6 Å². The molecule has 8 heteroatoms. The van der Waals surface area contributed by atoms with Gasteiger partial charge in [-0.2, -0.15) is 0 Å². The molecule has 36 heavy (non-hydrogen) atoms. The predicted molar refractivity (Wildman–Crippen MR) is 138 cm³/mol. The third-order valence-corrected chi connectivity index (χ3v) is 9.71. The van der Waals surface area contributed by atoms with Crippen LogP contribution in [0.2, 0.25) is 0 Å². The van der Waals surface area contributed by atoms with Crippen molar-refractivity contribution >= 4 is 29.9 Å². The number of halogens is 1. The number of carbonyl (C=O) groups excluding carboxylic acids is 3. The molecule has 3 unspecified atom stereocenters. The minimum absolute atomic E-state index is 0. The Morgan fingerprint density at radius 2 is 1.92 bits per heavy atom. The Kier molecular flexibility index (Phi) is 8.12. The monoisotopic (exact) mass is 521 g/mol. The summed E-state index contributed by atoms with van der Waals surface area (Å²) in [6.45, 7) is 12.9. The summed E-state index contributed by atoms with van der Waals surface area (Å²) in [6, 6.07) is 0. The van der Waals surface area contributed by atoms with E-state index in [1.54, 1.807) is 12.2 Å². The smallest absolute Gasteiger partial charge is 0.320 e. The van der Waals surface area contributed by atoms with Gasteiger partial charge in [-0.25, -0.2) is 0 Å². The van der Waals surface area contributed by atoms with Gasteiger partial charge in [-0.15, -0.1) is 12.4 Å². The van der Waals surface area contributed by atoms with Crippen LogP contribution >= 0.6 is 12.4 Å². The maximum atomic E-state index is 13.4. The second-order valence-electron chi connectivity index (χ2n) is 11.3. The molecule has 0 aromatic heterocycles. The zero-order chi connectivity index (χ0) is 25.8. The number of likely N-dealkylation sites (N-methyl/N-ethyl adjacent to an activating group) is 1. The second-order valence-corrected chi connectivity index (χ2v) is 11.3. The first kappa shape index (κ1) is 28.8. The Morgan fingerprint density at radius 1 is 1.25 bits per heavy atom. The molecule has 3 saturated carbocycles. The van der Waals surface area contributed by atoms with E-state index in [0.29, 0.717) is 25.1 Å². The molecule has 0 aromatic rings. The fourth-order valence-electron chi connectivity index (χ4n) is 7.72. The number of aliphatic hydroxyl groups excluding tert-OH is 1. The minimum atomic E-state index is -1.87. The number of Topliss-reactive ketones (excluding diaryl/α,β-unsaturated/α-hetero) is 1. The van der Waals surface area contributed by atoms with E-state index in [4.69, 9.17) is 4.74 Å². The van der Waals surface area contributed by atoms with E-state index in [0.717, 1.165) is 18.4 Å². The van der Waals surface area contributed by atoms with Gasteiger partial charge in [0.2, 0.25) is 5.78 Å². The molecule has 4 rings (SSSR count). The van der Waals surface area contributed by atoms with Gasteiger partial charge in [0.1, 0.15) is 0 Å². The summed E-state index contributed by atoms with van der Waals surface area (Å²) in [6.07, 6.45) is 6.71. The van der Waals surface area contributed by atoms with Crippen molar-refractivity contribution in [3.8, 4) is 0 Å². The summed E-state index contributed by atoms with van der Waals surface area (Å²) in [5, 5.41) is 23.3. The number of ether oxygens (including phenoxy) is 1. The summed E-state index contributed by atoms with van der Waals surface area (Å²) in [5.41, 5.74) is -1.72. The zero-order valence-electron chi connectivity index (χ0n) is 21.8. The van der Waals surface area contributed by atoms with Crippen molar-refractivity contribution in [2.75, 3.05) is 26.2 Å². The first-order chi connectivity index (χ1) is 16.4. The van der Waals surface area contributed by atoms with Crippen LogP contribution in [0.5, 0.6) is 0 Å². The van der Waals surface area contributed by atoms with Gasteiger partial charge in [-0.05, 0) is 68.3 Å². The van der Waals surface area contributed by atoms with Gasteiger partial charge >= 0.3 is 5.97 Å². The lowest BCUT2D eigenvalue weighted by Gasteiger charge is -2.59. The molecule has 7 nitrogen and oxygen atoms in total. The standard InChI is InChI=1S/C28H39NO6.ClH/c1-6-29(7-2)15-24(33)35-16-23(32)28(34)17(3)12-21-20-9-8-18-13-19(30)10-11-26(18,4)25(20)22(31)14-27(21,28)5;/h10-11,13,20-22,25,31,34H,3,6-9,12,14-16H2,1-2,4-5H3;1H/t20?,21?,22-,25?,26-,27-,28-;/m0./s1. The lowest BCUT2D eigenvalue weighted by molar-refractivity contribution is -0.176. The maximum Gasteiger partial charge on any atom is 0.320 e. The van der Waals surface area contributed by atoms with Crippen LogP contribution in [-0.2, 0) is 19.1 Å². The predicted octanol–water partition coefficient (Wildman–Crippen LogP) is 3.04. The Morgan fingerprint density at radius 3 is 2.56 bits per heavy atom. The number of nitrogens with zero attached hydrogens (tertiary/aromatic N) is 1. The van der Waals surface area contributed by atoms with Gasteiger partial charge in [-0.3, -0.25) is 19.3 Å². The van der Waals surface area contributed by atoms with Crippen LogP contribution in [0, 0.1) is 28.6 Å². The lowest BCUT2D eigenvalue weighted by atomic mass is 9.46. The van der Waals surface area contributed by atoms with Gasteiger partial charge in [0.15, 0.2) is 18.0 Å². The average Bonchev–Trinajstić information content (AvgIpc) is 3.02. The summed E-state index contributed by atoms with van der Waals surface area (Å²) in [7, 11) is 0. The molecule has 0 bridgehead atoms. The van der Waals surface area contributed by atoms with Crippen molar-refractivity contribution < 1.29 is 29.3 Å². The molecule has 0 aromatic carbocycles. The Hall–Kier alpha value is -1.80. The first-order valence-corrected chi connectivity index (χ1v) is 12.9. The number of aliphatic hydroxyl groups is 2. The number of allylic oxidation sites excluding steroid dienone is 4. The third kappa shape index (κ3) is 4.22. The average molecular weight is 522 g/mol. The minimum Gasteiger partial charge on any atom is -0.457 e. The molecule has 0 spiro atoms. The molecular weight excluding hydrogens is 482 g/mol. The number of rotatable bonds is 7. The van der Waals surface area contributed by atoms with Crippen molar-refractivity contribution in [1.29, 1.82) is 0 Å². The number of hydrogen-bond acceptors (Lipinski definition) is 7. The van der Waals surface area contributed by atoms with Crippen LogP contribution < -0.4 is 0 Å². The van der Waals surface area contributed by atoms with Crippen molar-refractivity contribution in [2.45, 2.75) is 65.1 Å². The lowest BCUT2D eigenvalue weighted by Crippen LogP contribution is -2.62. The number of hydrogen-bond donors (Lipinski definition) is 2. The number of carbonyl (C=O) groups is 3. The highest BCUT2D eigenvalue weighted by atomic mass is 35.5. The highest BCUT2D eigenvalue weighted by molar-refractivity contribution is 6.01. The third-order valence-electron chi connectivity index (χ3n) is 9.71. The van der Waals surface area contributed by atoms with Gasteiger partial charge < -0.3 is 14.9 Å². The van der Waals surface area contributed by atoms with Crippen LogP contribution in [0.3, 0.4) is 0 Å². The Balaban J connectivity index is 0.00000361. The highest BCUT2D eigenvalue weighted by Gasteiger charge is 2.69. The van der Waals surface area contributed by atoms with Crippen LogP contribution in [0.4, 0.5) is 0 Å². The second kappa shape index (κ2) is 10.2. The van der Waals surface area contributed by atoms with Crippen molar-refractivity contribution in [3.63, 3.8) is 0 Å². The van der Waals surface area contributed by atoms with Gasteiger partial charge in [-0.1, -0.05) is 45.9 Å². The van der Waals surface area contributed by atoms with Gasteiger partial charge in [0, 0.05) is 16.7 Å². The Bertz CT molecular complexity index is 1000. The summed E-state index contributed by atoms with van der Waals surface area (Å²) < 4.78 is 5.28. The van der Waals surface area contributed by atoms with E-state index < -0.39 is 40.9 Å². The topological polar surface area (TPSA) is 104 Å². The zero-order valence-corrected chi connectivity index (χ0v) is 22.6. The van der Waals surface area contributed by atoms with Crippen LogP contribution in [0.1, 0.15) is 53.4 Å². The molecule has 0 saturated heterocycles. The molecule has 200 valence electrons. The van der Waals surface area contributed by atoms with Gasteiger partial charge in [0.05, 0.1) is 12.6 Å². The highest BCUT2D eigenvalue weighted by Crippen LogP contribution is 2.68. The molecule has 0 radical (unpaired) electrons. The van der Waals surface area contributed by atoms with Crippen LogP contribution in [0.15, 0.2) is 36.0 Å². The Labute approximate surface area is 220 Å². The van der Waals surface area contributed by atoms with E-state index >= 15 is 0 Å². The fraction of sp³-hybridized carbons (Fsp3) is 0.679. The van der Waals surface area contributed by atoms with E-state index in [1.165, 1.54) is 0 Å². The SMILES string of the molecule is C=C1CC2C3CCC4=CC(=O)C=C[C@]4(C)C3[C@@H](O)C[C@]2(C)[C@@]1(O)C(=O)COC(=O)CN(CC)CC.Cl. The van der Waals surface area contributed by atoms with E-state index in [1.807, 2.05) is 31.7 Å². The molecule has 7 atom stereocenters. The van der Waals surface area contributed by atoms with Gasteiger partial charge in [0.25, 0.3) is 0 Å². The normalized spacial score (nSPS) is 39.0. The first-order valence-electron chi connectivity index (χ1n) is 12.9. The van der Waals surface area contributed by atoms with E-state index in [2.05, 4.69) is 13.5 Å². The molecule has 0 amide bonds. The largest absolute Gasteiger partial charge is 0.457 e. The molecular formula is C28H40ClNO6. The van der Waals surface area contributed by atoms with Crippen LogP contribution in [0.25, 0.3) is 0 Å². The quantitative estimate of drug-likeness (QED) is 0.392. The van der Waals surface area contributed by atoms with Crippen molar-refractivity contribution in [2.24, 2.45) is 28.6 Å². The number of ketones is 2. The maximum absolute atomic E-state index is 13.4. The summed E-state index contributed by atoms with van der Waals surface area (Å²) >= 11 is 0. The summed E-state index contributed by atoms with van der Waals surface area (Å²) in [5.74, 6) is -1.19. The van der Waals surface area contributed by atoms with Crippen molar-refractivity contribution in [1.82, 2.24) is 4.90 Å².